The van der Waals surface area contributed by atoms with E-state index in [1.807, 2.05) is 18.3 Å². The molecule has 1 aliphatic heterocycles. The molecule has 3 aromatic heterocycles. The van der Waals surface area contributed by atoms with Crippen molar-refractivity contribution in [2.24, 2.45) is 0 Å². The maximum Gasteiger partial charge on any atom is 0.179 e. The summed E-state index contributed by atoms with van der Waals surface area (Å²) in [6, 6.07) is 9.12. The molecule has 0 spiro atoms. The Morgan fingerprint density at radius 3 is 2.47 bits per heavy atom. The molecule has 168 valence electrons. The van der Waals surface area contributed by atoms with Crippen LogP contribution in [0.3, 0.4) is 0 Å². The molecule has 0 bridgehead atoms. The zero-order valence-corrected chi connectivity index (χ0v) is 19.0. The van der Waals surface area contributed by atoms with Crippen molar-refractivity contribution in [1.29, 1.82) is 0 Å². The summed E-state index contributed by atoms with van der Waals surface area (Å²) in [5, 5.41) is 6.11. The quantitative estimate of drug-likeness (QED) is 0.575. The SMILES string of the molecule is CC1CN(C)CCN1c1ccc(Nc2cc(Nc3ncccc3S(C)(=O)=O)ncn2)nc1. The monoisotopic (exact) mass is 454 g/mol. The maximum atomic E-state index is 12.0. The number of hydrogen-bond acceptors (Lipinski definition) is 10. The van der Waals surface area contributed by atoms with Gasteiger partial charge in [-0.3, -0.25) is 0 Å². The fourth-order valence-electron chi connectivity index (χ4n) is 3.68. The van der Waals surface area contributed by atoms with Crippen LogP contribution in [0.2, 0.25) is 0 Å². The second kappa shape index (κ2) is 9.05. The van der Waals surface area contributed by atoms with Crippen molar-refractivity contribution in [3.8, 4) is 0 Å². The summed E-state index contributed by atoms with van der Waals surface area (Å²) >= 11 is 0. The molecule has 1 atom stereocenters. The number of hydrogen-bond donors (Lipinski definition) is 2. The van der Waals surface area contributed by atoms with E-state index in [-0.39, 0.29) is 10.7 Å². The first-order valence-electron chi connectivity index (χ1n) is 10.2. The van der Waals surface area contributed by atoms with E-state index in [1.54, 1.807) is 12.1 Å². The third-order valence-electron chi connectivity index (χ3n) is 5.25. The fraction of sp³-hybridized carbons (Fsp3) is 0.333. The van der Waals surface area contributed by atoms with Crippen molar-refractivity contribution in [2.75, 3.05) is 48.5 Å². The Labute approximate surface area is 187 Å². The molecule has 2 N–H and O–H groups in total. The fourth-order valence-corrected chi connectivity index (χ4v) is 4.46. The average Bonchev–Trinajstić information content (AvgIpc) is 2.74. The molecule has 0 aliphatic carbocycles. The molecule has 3 aromatic rings. The van der Waals surface area contributed by atoms with Crippen molar-refractivity contribution in [3.63, 3.8) is 0 Å². The average molecular weight is 455 g/mol. The van der Waals surface area contributed by atoms with Crippen LogP contribution < -0.4 is 15.5 Å². The van der Waals surface area contributed by atoms with Gasteiger partial charge in [-0.1, -0.05) is 0 Å². The van der Waals surface area contributed by atoms with E-state index >= 15 is 0 Å². The molecular formula is C21H26N8O2S. The number of piperazine rings is 1. The summed E-state index contributed by atoms with van der Waals surface area (Å²) in [4.78, 5) is 21.8. The lowest BCUT2D eigenvalue weighted by Gasteiger charge is -2.39. The van der Waals surface area contributed by atoms with Gasteiger partial charge in [-0.15, -0.1) is 0 Å². The minimum absolute atomic E-state index is 0.100. The Hall–Kier alpha value is -3.31. The molecule has 4 heterocycles. The molecule has 0 amide bonds. The minimum Gasteiger partial charge on any atom is -0.365 e. The number of sulfone groups is 1. The number of rotatable bonds is 6. The summed E-state index contributed by atoms with van der Waals surface area (Å²) in [6.07, 6.45) is 5.90. The number of aromatic nitrogens is 4. The first-order chi connectivity index (χ1) is 15.3. The van der Waals surface area contributed by atoms with Crippen molar-refractivity contribution < 1.29 is 8.42 Å². The molecule has 0 saturated carbocycles. The lowest BCUT2D eigenvalue weighted by atomic mass is 10.2. The lowest BCUT2D eigenvalue weighted by molar-refractivity contribution is 0.275. The Morgan fingerprint density at radius 1 is 1.00 bits per heavy atom. The van der Waals surface area contributed by atoms with E-state index in [0.717, 1.165) is 31.6 Å². The summed E-state index contributed by atoms with van der Waals surface area (Å²) in [5.41, 5.74) is 1.09. The smallest absolute Gasteiger partial charge is 0.179 e. The molecule has 10 nitrogen and oxygen atoms in total. The standard InChI is InChI=1S/C21H26N8O2S/c1-15-13-28(2)9-10-29(15)16-6-7-18(23-12-16)26-19-11-20(25-14-24-19)27-21-17(32(3,30)31)5-4-8-22-21/h4-8,11-12,14-15H,9-10,13H2,1-3H3,(H2,22,23,24,25,26,27). The molecule has 1 fully saturated rings. The number of likely N-dealkylation sites (N-methyl/N-ethyl adjacent to an activating group) is 1. The highest BCUT2D eigenvalue weighted by Gasteiger charge is 2.21. The van der Waals surface area contributed by atoms with Crippen molar-refractivity contribution in [1.82, 2.24) is 24.8 Å². The van der Waals surface area contributed by atoms with E-state index in [0.29, 0.717) is 23.5 Å². The van der Waals surface area contributed by atoms with E-state index < -0.39 is 9.84 Å². The molecule has 0 radical (unpaired) electrons. The first kappa shape index (κ1) is 21.9. The van der Waals surface area contributed by atoms with Crippen LogP contribution in [0.25, 0.3) is 0 Å². The lowest BCUT2D eigenvalue weighted by Crippen LogP contribution is -2.50. The van der Waals surface area contributed by atoms with E-state index in [2.05, 4.69) is 54.3 Å². The van der Waals surface area contributed by atoms with Gasteiger partial charge in [-0.05, 0) is 38.2 Å². The van der Waals surface area contributed by atoms with Crippen molar-refractivity contribution in [2.45, 2.75) is 17.9 Å². The van der Waals surface area contributed by atoms with Crippen molar-refractivity contribution in [3.05, 3.63) is 49.1 Å². The Bertz CT molecular complexity index is 1190. The first-order valence-corrected chi connectivity index (χ1v) is 12.1. The highest BCUT2D eigenvalue weighted by Crippen LogP contribution is 2.24. The van der Waals surface area contributed by atoms with Crippen LogP contribution in [0, 0.1) is 0 Å². The van der Waals surface area contributed by atoms with E-state index in [9.17, 15) is 8.42 Å². The number of nitrogens with one attached hydrogen (secondary N) is 2. The molecule has 1 unspecified atom stereocenters. The predicted octanol–water partition coefficient (Wildman–Crippen LogP) is 2.30. The Kier molecular flexibility index (Phi) is 6.19. The largest absolute Gasteiger partial charge is 0.365 e. The van der Waals surface area contributed by atoms with Crippen LogP contribution in [0.4, 0.5) is 29.0 Å². The van der Waals surface area contributed by atoms with Crippen LogP contribution in [-0.2, 0) is 9.84 Å². The van der Waals surface area contributed by atoms with Gasteiger partial charge >= 0.3 is 0 Å². The third-order valence-corrected chi connectivity index (χ3v) is 6.38. The van der Waals surface area contributed by atoms with Gasteiger partial charge in [0.1, 0.15) is 34.5 Å². The van der Waals surface area contributed by atoms with Crippen molar-refractivity contribution >= 4 is 38.8 Å². The van der Waals surface area contributed by atoms with Crippen LogP contribution in [0.1, 0.15) is 6.92 Å². The normalized spacial score (nSPS) is 17.2. The molecule has 1 aliphatic rings. The number of pyridine rings is 2. The molecular weight excluding hydrogens is 428 g/mol. The van der Waals surface area contributed by atoms with E-state index in [4.69, 9.17) is 0 Å². The molecule has 0 aromatic carbocycles. The maximum absolute atomic E-state index is 12.0. The molecule has 4 rings (SSSR count). The van der Waals surface area contributed by atoms with Gasteiger partial charge in [-0.2, -0.15) is 0 Å². The van der Waals surface area contributed by atoms with Gasteiger partial charge in [0, 0.05) is 44.2 Å². The van der Waals surface area contributed by atoms with Gasteiger partial charge in [0.2, 0.25) is 0 Å². The van der Waals surface area contributed by atoms with Crippen LogP contribution in [0.15, 0.2) is 53.9 Å². The minimum atomic E-state index is -3.43. The summed E-state index contributed by atoms with van der Waals surface area (Å²) in [5.74, 6) is 1.79. The second-order valence-electron chi connectivity index (χ2n) is 7.87. The highest BCUT2D eigenvalue weighted by atomic mass is 32.2. The van der Waals surface area contributed by atoms with Gasteiger partial charge in [-0.25, -0.2) is 28.4 Å². The second-order valence-corrected chi connectivity index (χ2v) is 9.85. The van der Waals surface area contributed by atoms with Crippen LogP contribution >= 0.6 is 0 Å². The summed E-state index contributed by atoms with van der Waals surface area (Å²) < 4.78 is 24.0. The van der Waals surface area contributed by atoms with Gasteiger partial charge in [0.05, 0.1) is 11.9 Å². The molecule has 11 heteroatoms. The third kappa shape index (κ3) is 5.11. The Morgan fingerprint density at radius 2 is 1.78 bits per heavy atom. The van der Waals surface area contributed by atoms with Crippen LogP contribution in [0.5, 0.6) is 0 Å². The van der Waals surface area contributed by atoms with E-state index in [1.165, 1.54) is 18.6 Å². The molecule has 32 heavy (non-hydrogen) atoms. The van der Waals surface area contributed by atoms with Crippen LogP contribution in [-0.4, -0.2) is 72.2 Å². The summed E-state index contributed by atoms with van der Waals surface area (Å²) in [6.45, 7) is 5.23. The number of anilines is 5. The highest BCUT2D eigenvalue weighted by molar-refractivity contribution is 7.90. The Balaban J connectivity index is 1.47. The van der Waals surface area contributed by atoms with Gasteiger partial charge < -0.3 is 20.4 Å². The van der Waals surface area contributed by atoms with Gasteiger partial charge in [0.15, 0.2) is 9.84 Å². The molecule has 1 saturated heterocycles. The summed E-state index contributed by atoms with van der Waals surface area (Å²) in [7, 11) is -1.29. The predicted molar refractivity (Wildman–Crippen MR) is 124 cm³/mol. The van der Waals surface area contributed by atoms with Gasteiger partial charge in [0.25, 0.3) is 0 Å². The zero-order valence-electron chi connectivity index (χ0n) is 18.2. The number of nitrogens with zero attached hydrogens (tertiary/aromatic N) is 6. The zero-order chi connectivity index (χ0) is 22.7. The topological polar surface area (TPSA) is 116 Å².